The maximum atomic E-state index is 15.5. The molecule has 0 radical (unpaired) electrons. The number of aliphatic hydroxyl groups excluding tert-OH is 2. The highest BCUT2D eigenvalue weighted by Crippen LogP contribution is 2.53. The number of ketones is 2. The highest BCUT2D eigenvalue weighted by atomic mass is 19.1. The number of halogens is 1. The summed E-state index contributed by atoms with van der Waals surface area (Å²) in [6.45, 7) is 4.78. The fourth-order valence-electron chi connectivity index (χ4n) is 7.86. The molecule has 2 aromatic rings. The van der Waals surface area contributed by atoms with Crippen LogP contribution in [0.2, 0.25) is 0 Å². The minimum Gasteiger partial charge on any atom is -0.510 e. The zero-order valence-corrected chi connectivity index (χ0v) is 25.5. The lowest BCUT2D eigenvalue weighted by Gasteiger charge is -2.50. The molecule has 11 heteroatoms. The number of rotatable bonds is 5. The van der Waals surface area contributed by atoms with Crippen LogP contribution in [0.5, 0.6) is 5.75 Å². The third-order valence-electron chi connectivity index (χ3n) is 10.2. The van der Waals surface area contributed by atoms with Gasteiger partial charge in [-0.15, -0.1) is 0 Å². The van der Waals surface area contributed by atoms with Crippen LogP contribution in [0.25, 0.3) is 11.1 Å². The summed E-state index contributed by atoms with van der Waals surface area (Å²) in [7, 11) is 3.15. The predicted octanol–water partition coefficient (Wildman–Crippen LogP) is 3.16. The van der Waals surface area contributed by atoms with E-state index >= 15 is 4.39 Å². The topological polar surface area (TPSA) is 165 Å². The second-order valence-corrected chi connectivity index (χ2v) is 13.2. The van der Waals surface area contributed by atoms with E-state index in [0.717, 1.165) is 31.5 Å². The van der Waals surface area contributed by atoms with Crippen LogP contribution >= 0.6 is 0 Å². The number of aromatic hydroxyl groups is 1. The molecule has 10 nitrogen and oxygen atoms in total. The molecule has 1 amide bonds. The number of carbonyl (C=O) groups excluding carboxylic acids is 3. The number of aliphatic hydroxyl groups is 3. The Morgan fingerprint density at radius 3 is 2.42 bits per heavy atom. The van der Waals surface area contributed by atoms with Crippen molar-refractivity contribution in [2.45, 2.75) is 50.8 Å². The number of phenolic OH excluding ortho intramolecular Hbond substituents is 1. The number of hydrogen-bond acceptors (Lipinski definition) is 9. The summed E-state index contributed by atoms with van der Waals surface area (Å²) in [6, 6.07) is 6.69. The lowest BCUT2D eigenvalue weighted by atomic mass is 9.58. The van der Waals surface area contributed by atoms with Gasteiger partial charge in [-0.3, -0.25) is 24.2 Å². The van der Waals surface area contributed by atoms with Crippen molar-refractivity contribution in [3.8, 4) is 16.9 Å². The summed E-state index contributed by atoms with van der Waals surface area (Å²) in [5, 5.41) is 45.2. The summed E-state index contributed by atoms with van der Waals surface area (Å²) >= 11 is 0. The molecule has 0 bridgehead atoms. The summed E-state index contributed by atoms with van der Waals surface area (Å²) < 4.78 is 15.5. The zero-order chi connectivity index (χ0) is 32.5. The molecule has 0 aromatic heterocycles. The molecule has 0 spiro atoms. The Labute approximate surface area is 260 Å². The number of primary amides is 1. The standard InChI is InChI=1S/C34H38FN3O7/c1-16-8-10-38(11-9-16)15-17-4-6-23(35)20(12-17)19-5-7-24(39)26-21(19)13-18-14-22-28(37(2)3)30(41)27(33(36)44)32(43)34(22,45)31(42)25(18)29(26)40/h4-7,12,16,18,22,28,39,41-42,45H,8-11,13-15H2,1-3H3,(H2,36,44)/t18-,22-,28-,34-/m0/s1. The van der Waals surface area contributed by atoms with Crippen molar-refractivity contribution < 1.29 is 39.2 Å². The van der Waals surface area contributed by atoms with Crippen molar-refractivity contribution in [1.29, 1.82) is 0 Å². The van der Waals surface area contributed by atoms with Gasteiger partial charge in [-0.1, -0.05) is 19.1 Å². The van der Waals surface area contributed by atoms with Gasteiger partial charge in [0, 0.05) is 23.6 Å². The van der Waals surface area contributed by atoms with Gasteiger partial charge in [-0.25, -0.2) is 4.39 Å². The van der Waals surface area contributed by atoms with Crippen molar-refractivity contribution in [3.63, 3.8) is 0 Å². The zero-order valence-electron chi connectivity index (χ0n) is 25.5. The van der Waals surface area contributed by atoms with E-state index in [-0.39, 0.29) is 35.3 Å². The second kappa shape index (κ2) is 11.1. The molecule has 4 aliphatic rings. The molecule has 2 aromatic carbocycles. The first kappa shape index (κ1) is 30.9. The number of likely N-dealkylation sites (tertiary alicyclic amines) is 1. The SMILES string of the molecule is CC1CCN(Cc2ccc(F)c(-c3ccc(O)c4c3C[C@H]3C[C@H]5[C@H](N(C)C)C(O)=C(C(N)=O)C(=O)[C@@]5(O)C(O)=C3C4=O)c2)CC1. The van der Waals surface area contributed by atoms with Gasteiger partial charge in [0.1, 0.15) is 28.7 Å². The van der Waals surface area contributed by atoms with Crippen LogP contribution in [-0.2, 0) is 22.6 Å². The summed E-state index contributed by atoms with van der Waals surface area (Å²) in [5.41, 5.74) is 3.40. The van der Waals surface area contributed by atoms with Crippen LogP contribution in [0.15, 0.2) is 53.0 Å². The smallest absolute Gasteiger partial charge is 0.255 e. The molecular formula is C34H38FN3O7. The number of Topliss-reactive ketones (excluding diaryl/α,β-unsaturated/α-hetero) is 2. The Morgan fingerprint density at radius 2 is 1.78 bits per heavy atom. The van der Waals surface area contributed by atoms with Crippen molar-refractivity contribution in [2.75, 3.05) is 27.2 Å². The number of hydrogen-bond donors (Lipinski definition) is 5. The van der Waals surface area contributed by atoms with Crippen molar-refractivity contribution >= 4 is 17.5 Å². The van der Waals surface area contributed by atoms with Gasteiger partial charge in [-0.05, 0) is 99.6 Å². The number of fused-ring (bicyclic) bond motifs is 3. The van der Waals surface area contributed by atoms with Gasteiger partial charge in [0.15, 0.2) is 11.4 Å². The summed E-state index contributed by atoms with van der Waals surface area (Å²) in [6.07, 6.45) is 2.22. The number of carbonyl (C=O) groups is 3. The van der Waals surface area contributed by atoms with E-state index in [1.807, 2.05) is 0 Å². The van der Waals surface area contributed by atoms with Gasteiger partial charge in [0.25, 0.3) is 5.91 Å². The Morgan fingerprint density at radius 1 is 1.09 bits per heavy atom. The van der Waals surface area contributed by atoms with Gasteiger partial charge >= 0.3 is 0 Å². The van der Waals surface area contributed by atoms with E-state index in [1.54, 1.807) is 32.3 Å². The number of likely N-dealkylation sites (N-methyl/N-ethyl adjacent to an activating group) is 1. The summed E-state index contributed by atoms with van der Waals surface area (Å²) in [5.74, 6) is -7.05. The van der Waals surface area contributed by atoms with Crippen LogP contribution < -0.4 is 5.73 Å². The van der Waals surface area contributed by atoms with Crippen LogP contribution in [0.3, 0.4) is 0 Å². The lowest BCUT2D eigenvalue weighted by molar-refractivity contribution is -0.148. The lowest BCUT2D eigenvalue weighted by Crippen LogP contribution is -2.63. The van der Waals surface area contributed by atoms with E-state index < -0.39 is 63.9 Å². The van der Waals surface area contributed by atoms with Gasteiger partial charge in [-0.2, -0.15) is 0 Å². The third-order valence-corrected chi connectivity index (χ3v) is 10.2. The highest BCUT2D eigenvalue weighted by Gasteiger charge is 2.63. The fourth-order valence-corrected chi connectivity index (χ4v) is 7.86. The van der Waals surface area contributed by atoms with Crippen molar-refractivity contribution in [3.05, 3.63) is 75.5 Å². The maximum Gasteiger partial charge on any atom is 0.255 e. The van der Waals surface area contributed by atoms with Crippen LogP contribution in [-0.4, -0.2) is 86.5 Å². The molecular weight excluding hydrogens is 581 g/mol. The van der Waals surface area contributed by atoms with E-state index in [2.05, 4.69) is 11.8 Å². The third kappa shape index (κ3) is 4.76. The molecule has 1 heterocycles. The molecule has 0 saturated carbocycles. The molecule has 6 rings (SSSR count). The molecule has 1 fully saturated rings. The van der Waals surface area contributed by atoms with Crippen molar-refractivity contribution in [1.82, 2.24) is 9.80 Å². The minimum absolute atomic E-state index is 0.0449. The molecule has 6 N–H and O–H groups in total. The van der Waals surface area contributed by atoms with E-state index in [9.17, 15) is 34.8 Å². The highest BCUT2D eigenvalue weighted by molar-refractivity contribution is 6.24. The van der Waals surface area contributed by atoms with E-state index in [1.165, 1.54) is 17.0 Å². The van der Waals surface area contributed by atoms with Crippen LogP contribution in [0.1, 0.15) is 47.7 Å². The Bertz CT molecular complexity index is 1690. The molecule has 4 atom stereocenters. The fraction of sp³-hybridized carbons (Fsp3) is 0.441. The monoisotopic (exact) mass is 619 g/mol. The Balaban J connectivity index is 1.45. The molecule has 45 heavy (non-hydrogen) atoms. The molecule has 1 saturated heterocycles. The summed E-state index contributed by atoms with van der Waals surface area (Å²) in [4.78, 5) is 43.6. The first-order valence-corrected chi connectivity index (χ1v) is 15.3. The number of piperidine rings is 1. The van der Waals surface area contributed by atoms with Gasteiger partial charge in [0.05, 0.1) is 11.6 Å². The Hall–Kier alpha value is -4.06. The molecule has 1 aliphatic heterocycles. The number of amides is 1. The normalized spacial score (nSPS) is 27.5. The number of nitrogens with zero attached hydrogens (tertiary/aromatic N) is 2. The van der Waals surface area contributed by atoms with Gasteiger partial charge < -0.3 is 26.2 Å². The van der Waals surface area contributed by atoms with E-state index in [0.29, 0.717) is 23.6 Å². The van der Waals surface area contributed by atoms with Crippen molar-refractivity contribution in [2.24, 2.45) is 23.5 Å². The largest absolute Gasteiger partial charge is 0.510 e. The van der Waals surface area contributed by atoms with Crippen LogP contribution in [0, 0.1) is 23.6 Å². The number of nitrogens with two attached hydrogens (primary N) is 1. The average Bonchev–Trinajstić information content (AvgIpc) is 2.97. The number of phenols is 1. The first-order chi connectivity index (χ1) is 21.2. The maximum absolute atomic E-state index is 15.5. The molecule has 238 valence electrons. The molecule has 3 aliphatic carbocycles. The second-order valence-electron chi connectivity index (χ2n) is 13.2. The van der Waals surface area contributed by atoms with Crippen LogP contribution in [0.4, 0.5) is 4.39 Å². The minimum atomic E-state index is -2.72. The quantitative estimate of drug-likeness (QED) is 0.316. The number of benzene rings is 2. The Kier molecular flexibility index (Phi) is 7.62. The first-order valence-electron chi connectivity index (χ1n) is 15.3. The van der Waals surface area contributed by atoms with E-state index in [4.69, 9.17) is 5.73 Å². The van der Waals surface area contributed by atoms with Gasteiger partial charge in [0.2, 0.25) is 5.78 Å². The average molecular weight is 620 g/mol. The molecule has 0 unspecified atom stereocenters. The number of allylic oxidation sites excluding steroid dienone is 1. The predicted molar refractivity (Wildman–Crippen MR) is 163 cm³/mol.